The SMILES string of the molecule is COc1ccc(CNC(=O)NC(C(=O)O)C(C)O)cn1. The van der Waals surface area contributed by atoms with E-state index in [9.17, 15) is 14.7 Å². The number of nitrogens with zero attached hydrogens (tertiary/aromatic N) is 1. The number of rotatable bonds is 6. The maximum absolute atomic E-state index is 11.5. The van der Waals surface area contributed by atoms with E-state index in [2.05, 4.69) is 15.6 Å². The third-order valence-electron chi connectivity index (χ3n) is 2.49. The van der Waals surface area contributed by atoms with Gasteiger partial charge in [0.1, 0.15) is 0 Å². The van der Waals surface area contributed by atoms with Crippen molar-refractivity contribution in [2.75, 3.05) is 7.11 Å². The second-order valence-corrected chi connectivity index (χ2v) is 4.09. The van der Waals surface area contributed by atoms with Gasteiger partial charge in [0.05, 0.1) is 13.2 Å². The van der Waals surface area contributed by atoms with Crippen LogP contribution in [0.3, 0.4) is 0 Å². The van der Waals surface area contributed by atoms with Gasteiger partial charge < -0.3 is 25.6 Å². The van der Waals surface area contributed by atoms with Crippen molar-refractivity contribution in [3.05, 3.63) is 23.9 Å². The highest BCUT2D eigenvalue weighted by Gasteiger charge is 2.24. The number of hydrogen-bond acceptors (Lipinski definition) is 5. The summed E-state index contributed by atoms with van der Waals surface area (Å²) in [4.78, 5) is 26.3. The van der Waals surface area contributed by atoms with E-state index >= 15 is 0 Å². The molecule has 1 aromatic heterocycles. The summed E-state index contributed by atoms with van der Waals surface area (Å²) in [6.07, 6.45) is 0.337. The molecule has 4 N–H and O–H groups in total. The fraction of sp³-hybridized carbons (Fsp3) is 0.417. The number of aliphatic hydroxyl groups is 1. The second-order valence-electron chi connectivity index (χ2n) is 4.09. The van der Waals surface area contributed by atoms with Gasteiger partial charge in [0.2, 0.25) is 5.88 Å². The molecule has 0 aromatic carbocycles. The molecule has 110 valence electrons. The molecule has 0 spiro atoms. The lowest BCUT2D eigenvalue weighted by molar-refractivity contribution is -0.141. The Balaban J connectivity index is 2.47. The van der Waals surface area contributed by atoms with Crippen LogP contribution in [0.5, 0.6) is 5.88 Å². The first-order valence-corrected chi connectivity index (χ1v) is 5.88. The molecular formula is C12H17N3O5. The highest BCUT2D eigenvalue weighted by molar-refractivity contribution is 5.82. The molecule has 2 atom stereocenters. The number of carboxylic acids is 1. The average Bonchev–Trinajstić information content (AvgIpc) is 2.42. The number of aliphatic hydroxyl groups excluding tert-OH is 1. The first-order chi connectivity index (χ1) is 9.43. The Morgan fingerprint density at radius 2 is 2.15 bits per heavy atom. The summed E-state index contributed by atoms with van der Waals surface area (Å²) in [5.41, 5.74) is 0.727. The van der Waals surface area contributed by atoms with E-state index in [0.717, 1.165) is 5.56 Å². The normalized spacial score (nSPS) is 13.2. The molecule has 2 unspecified atom stereocenters. The van der Waals surface area contributed by atoms with Gasteiger partial charge in [-0.2, -0.15) is 0 Å². The number of carboxylic acid groups (broad SMARTS) is 1. The predicted molar refractivity (Wildman–Crippen MR) is 69.3 cm³/mol. The molecule has 1 rings (SSSR count). The maximum Gasteiger partial charge on any atom is 0.328 e. The molecule has 1 aromatic rings. The van der Waals surface area contributed by atoms with E-state index in [-0.39, 0.29) is 6.54 Å². The lowest BCUT2D eigenvalue weighted by Crippen LogP contribution is -2.50. The molecule has 0 aliphatic rings. The molecule has 0 radical (unpaired) electrons. The van der Waals surface area contributed by atoms with E-state index in [1.807, 2.05) is 0 Å². The highest BCUT2D eigenvalue weighted by Crippen LogP contribution is 2.06. The van der Waals surface area contributed by atoms with Crippen LogP contribution in [-0.2, 0) is 11.3 Å². The van der Waals surface area contributed by atoms with Gasteiger partial charge >= 0.3 is 12.0 Å². The van der Waals surface area contributed by atoms with Gasteiger partial charge in [-0.25, -0.2) is 14.6 Å². The minimum Gasteiger partial charge on any atom is -0.481 e. The molecule has 0 saturated carbocycles. The monoisotopic (exact) mass is 283 g/mol. The second kappa shape index (κ2) is 7.29. The summed E-state index contributed by atoms with van der Waals surface area (Å²) in [6, 6.07) is 1.32. The average molecular weight is 283 g/mol. The first kappa shape index (κ1) is 15.7. The first-order valence-electron chi connectivity index (χ1n) is 5.88. The molecule has 8 nitrogen and oxygen atoms in total. The summed E-state index contributed by atoms with van der Waals surface area (Å²) in [7, 11) is 1.50. The van der Waals surface area contributed by atoms with Crippen LogP contribution in [0.4, 0.5) is 4.79 Å². The van der Waals surface area contributed by atoms with E-state index in [4.69, 9.17) is 9.84 Å². The number of carbonyl (C=O) groups is 2. The lowest BCUT2D eigenvalue weighted by atomic mass is 10.2. The Morgan fingerprint density at radius 1 is 1.45 bits per heavy atom. The molecule has 0 aliphatic heterocycles. The van der Waals surface area contributed by atoms with Crippen LogP contribution in [0.15, 0.2) is 18.3 Å². The number of urea groups is 1. The number of amides is 2. The summed E-state index contributed by atoms with van der Waals surface area (Å²) in [6.45, 7) is 1.46. The molecule has 0 aliphatic carbocycles. The zero-order chi connectivity index (χ0) is 15.1. The van der Waals surface area contributed by atoms with Crippen LogP contribution in [0.2, 0.25) is 0 Å². The molecule has 1 heterocycles. The topological polar surface area (TPSA) is 121 Å². The van der Waals surface area contributed by atoms with Crippen LogP contribution in [0, 0.1) is 0 Å². The van der Waals surface area contributed by atoms with E-state index in [0.29, 0.717) is 5.88 Å². The smallest absolute Gasteiger partial charge is 0.328 e. The number of hydrogen-bond donors (Lipinski definition) is 4. The van der Waals surface area contributed by atoms with Crippen molar-refractivity contribution in [1.29, 1.82) is 0 Å². The quantitative estimate of drug-likeness (QED) is 0.570. The highest BCUT2D eigenvalue weighted by atomic mass is 16.5. The maximum atomic E-state index is 11.5. The Hall–Kier alpha value is -2.35. The van der Waals surface area contributed by atoms with E-state index in [1.165, 1.54) is 20.2 Å². The molecular weight excluding hydrogens is 266 g/mol. The minimum atomic E-state index is -1.36. The standard InChI is InChI=1S/C12H17N3O5/c1-7(16)10(11(17)18)15-12(19)14-6-8-3-4-9(20-2)13-5-8/h3-5,7,10,16H,6H2,1-2H3,(H,17,18)(H2,14,15,19). The predicted octanol–water partition coefficient (Wildman–Crippen LogP) is -0.277. The zero-order valence-corrected chi connectivity index (χ0v) is 11.2. The van der Waals surface area contributed by atoms with Gasteiger partial charge in [-0.15, -0.1) is 0 Å². The number of methoxy groups -OCH3 is 1. The lowest BCUT2D eigenvalue weighted by Gasteiger charge is -2.17. The fourth-order valence-corrected chi connectivity index (χ4v) is 1.40. The van der Waals surface area contributed by atoms with Gasteiger partial charge in [0.25, 0.3) is 0 Å². The zero-order valence-electron chi connectivity index (χ0n) is 11.2. The van der Waals surface area contributed by atoms with Gasteiger partial charge in [-0.3, -0.25) is 0 Å². The van der Waals surface area contributed by atoms with E-state index in [1.54, 1.807) is 12.1 Å². The van der Waals surface area contributed by atoms with Crippen molar-refractivity contribution in [2.45, 2.75) is 25.6 Å². The third-order valence-corrected chi connectivity index (χ3v) is 2.49. The Bertz CT molecular complexity index is 461. The van der Waals surface area contributed by atoms with Crippen LogP contribution >= 0.6 is 0 Å². The van der Waals surface area contributed by atoms with Crippen molar-refractivity contribution in [1.82, 2.24) is 15.6 Å². The summed E-state index contributed by atoms with van der Waals surface area (Å²) < 4.78 is 4.90. The van der Waals surface area contributed by atoms with Gasteiger partial charge in [0, 0.05) is 18.8 Å². The van der Waals surface area contributed by atoms with Gasteiger partial charge in [-0.1, -0.05) is 6.07 Å². The number of nitrogens with one attached hydrogen (secondary N) is 2. The van der Waals surface area contributed by atoms with Crippen molar-refractivity contribution >= 4 is 12.0 Å². The Morgan fingerprint density at radius 3 is 2.60 bits per heavy atom. The Kier molecular flexibility index (Phi) is 5.73. The number of aromatic nitrogens is 1. The molecule has 0 bridgehead atoms. The van der Waals surface area contributed by atoms with Crippen LogP contribution in [-0.4, -0.2) is 46.5 Å². The third kappa shape index (κ3) is 4.73. The summed E-state index contributed by atoms with van der Waals surface area (Å²) >= 11 is 0. The van der Waals surface area contributed by atoms with Crippen molar-refractivity contribution in [3.63, 3.8) is 0 Å². The van der Waals surface area contributed by atoms with Crippen LogP contribution in [0.1, 0.15) is 12.5 Å². The molecule has 20 heavy (non-hydrogen) atoms. The van der Waals surface area contributed by atoms with Gasteiger partial charge in [-0.05, 0) is 12.5 Å². The van der Waals surface area contributed by atoms with Crippen molar-refractivity contribution in [3.8, 4) is 5.88 Å². The fourth-order valence-electron chi connectivity index (χ4n) is 1.40. The summed E-state index contributed by atoms with van der Waals surface area (Å²) in [5, 5.41) is 22.7. The van der Waals surface area contributed by atoms with Crippen LogP contribution < -0.4 is 15.4 Å². The number of ether oxygens (including phenoxy) is 1. The molecule has 2 amide bonds. The molecule has 8 heteroatoms. The van der Waals surface area contributed by atoms with Gasteiger partial charge in [0.15, 0.2) is 6.04 Å². The van der Waals surface area contributed by atoms with Crippen molar-refractivity contribution < 1.29 is 24.5 Å². The Labute approximate surface area is 115 Å². The summed E-state index contributed by atoms with van der Waals surface area (Å²) in [5.74, 6) is -0.848. The largest absolute Gasteiger partial charge is 0.481 e. The number of carbonyl (C=O) groups excluding carboxylic acids is 1. The van der Waals surface area contributed by atoms with Crippen molar-refractivity contribution in [2.24, 2.45) is 0 Å². The number of pyridine rings is 1. The van der Waals surface area contributed by atoms with Crippen LogP contribution in [0.25, 0.3) is 0 Å². The molecule has 0 fully saturated rings. The minimum absolute atomic E-state index is 0.176. The number of aliphatic carboxylic acids is 1. The van der Waals surface area contributed by atoms with E-state index < -0.39 is 24.1 Å². The molecule has 0 saturated heterocycles.